The summed E-state index contributed by atoms with van der Waals surface area (Å²) < 4.78 is 27.8. The summed E-state index contributed by atoms with van der Waals surface area (Å²) in [6.45, 7) is 1.84. The first kappa shape index (κ1) is 13.1. The second kappa shape index (κ2) is 5.12. The van der Waals surface area contributed by atoms with Gasteiger partial charge in [0.15, 0.2) is 0 Å². The topological polar surface area (TPSA) is 38.9 Å². The molecule has 0 amide bonds. The Morgan fingerprint density at radius 2 is 2.00 bits per heavy atom. The third-order valence-corrected chi connectivity index (χ3v) is 3.26. The molecule has 0 spiro atoms. The largest absolute Gasteiger partial charge is 0.320 e. The Balaban J connectivity index is 2.52. The Kier molecular flexibility index (Phi) is 3.73. The fourth-order valence-corrected chi connectivity index (χ4v) is 2.09. The predicted molar refractivity (Wildman–Crippen MR) is 69.1 cm³/mol. The quantitative estimate of drug-likeness (QED) is 0.862. The van der Waals surface area contributed by atoms with Gasteiger partial charge in [-0.15, -0.1) is 0 Å². The molecule has 2 nitrogen and oxygen atoms in total. The number of nitrogens with two attached hydrogens (primary N) is 1. The van der Waals surface area contributed by atoms with Crippen LogP contribution in [0.5, 0.6) is 0 Å². The average molecular weight is 313 g/mol. The molecule has 0 saturated carbocycles. The SMILES string of the molecule is Cc1cncc(C(N)c2c(F)ccc(Br)c2F)c1. The van der Waals surface area contributed by atoms with Crippen LogP contribution in [0.25, 0.3) is 0 Å². The lowest BCUT2D eigenvalue weighted by molar-refractivity contribution is 0.539. The van der Waals surface area contributed by atoms with E-state index < -0.39 is 17.7 Å². The molecule has 1 aromatic carbocycles. The smallest absolute Gasteiger partial charge is 0.145 e. The Bertz CT molecular complexity index is 587. The van der Waals surface area contributed by atoms with Gasteiger partial charge in [-0.3, -0.25) is 4.98 Å². The fraction of sp³-hybridized carbons (Fsp3) is 0.154. The molecule has 0 fully saturated rings. The van der Waals surface area contributed by atoms with Crippen LogP contribution in [0.3, 0.4) is 0 Å². The molecule has 2 aromatic rings. The molecule has 0 aliphatic heterocycles. The van der Waals surface area contributed by atoms with Gasteiger partial charge in [0, 0.05) is 18.0 Å². The predicted octanol–water partition coefficient (Wildman–Crippen LogP) is 3.48. The minimum Gasteiger partial charge on any atom is -0.320 e. The molecule has 0 aliphatic carbocycles. The fourth-order valence-electron chi connectivity index (χ4n) is 1.74. The Hall–Kier alpha value is -1.33. The van der Waals surface area contributed by atoms with E-state index in [1.165, 1.54) is 18.3 Å². The van der Waals surface area contributed by atoms with Gasteiger partial charge in [0.1, 0.15) is 11.6 Å². The van der Waals surface area contributed by atoms with Crippen LogP contribution in [0.2, 0.25) is 0 Å². The summed E-state index contributed by atoms with van der Waals surface area (Å²) in [6, 6.07) is 3.38. The van der Waals surface area contributed by atoms with E-state index in [4.69, 9.17) is 5.73 Å². The first-order chi connectivity index (χ1) is 8.50. The van der Waals surface area contributed by atoms with Gasteiger partial charge in [-0.05, 0) is 46.1 Å². The lowest BCUT2D eigenvalue weighted by Crippen LogP contribution is -2.16. The maximum atomic E-state index is 13.9. The van der Waals surface area contributed by atoms with Crippen LogP contribution in [0.15, 0.2) is 35.1 Å². The van der Waals surface area contributed by atoms with E-state index >= 15 is 0 Å². The van der Waals surface area contributed by atoms with Crippen molar-refractivity contribution in [2.45, 2.75) is 13.0 Å². The molecule has 94 valence electrons. The number of benzene rings is 1. The summed E-state index contributed by atoms with van der Waals surface area (Å²) >= 11 is 3.02. The van der Waals surface area contributed by atoms with Crippen molar-refractivity contribution in [2.75, 3.05) is 0 Å². The van der Waals surface area contributed by atoms with Crippen molar-refractivity contribution in [1.82, 2.24) is 4.98 Å². The van der Waals surface area contributed by atoms with E-state index in [0.29, 0.717) is 5.56 Å². The Labute approximate surface area is 112 Å². The van der Waals surface area contributed by atoms with Crippen molar-refractivity contribution in [3.05, 3.63) is 63.4 Å². The highest BCUT2D eigenvalue weighted by Gasteiger charge is 2.20. The third kappa shape index (κ3) is 2.42. The molecule has 18 heavy (non-hydrogen) atoms. The van der Waals surface area contributed by atoms with Gasteiger partial charge in [-0.25, -0.2) is 8.78 Å². The molecule has 1 heterocycles. The molecule has 0 saturated heterocycles. The monoisotopic (exact) mass is 312 g/mol. The lowest BCUT2D eigenvalue weighted by Gasteiger charge is -2.15. The number of hydrogen-bond donors (Lipinski definition) is 1. The zero-order valence-electron chi connectivity index (χ0n) is 9.62. The summed E-state index contributed by atoms with van der Waals surface area (Å²) in [5, 5.41) is 0. The normalized spacial score (nSPS) is 12.5. The molecule has 2 N–H and O–H groups in total. The standard InChI is InChI=1S/C13H11BrF2N2/c1-7-4-8(6-18-5-7)13(17)11-10(15)3-2-9(14)12(11)16/h2-6,13H,17H2,1H3. The minimum atomic E-state index is -0.880. The van der Waals surface area contributed by atoms with Crippen LogP contribution in [0, 0.1) is 18.6 Å². The molecule has 1 aromatic heterocycles. The summed E-state index contributed by atoms with van der Waals surface area (Å²) in [7, 11) is 0. The van der Waals surface area contributed by atoms with Crippen LogP contribution >= 0.6 is 15.9 Å². The molecule has 0 radical (unpaired) electrons. The first-order valence-electron chi connectivity index (χ1n) is 5.31. The maximum absolute atomic E-state index is 13.9. The minimum absolute atomic E-state index is 0.156. The van der Waals surface area contributed by atoms with Gasteiger partial charge in [0.05, 0.1) is 10.5 Å². The summed E-state index contributed by atoms with van der Waals surface area (Å²) in [6.07, 6.45) is 3.17. The van der Waals surface area contributed by atoms with Crippen molar-refractivity contribution in [3.63, 3.8) is 0 Å². The number of hydrogen-bond acceptors (Lipinski definition) is 2. The molecular weight excluding hydrogens is 302 g/mol. The number of aromatic nitrogens is 1. The van der Waals surface area contributed by atoms with Crippen molar-refractivity contribution in [3.8, 4) is 0 Å². The summed E-state index contributed by atoms with van der Waals surface area (Å²) in [4.78, 5) is 3.98. The van der Waals surface area contributed by atoms with Gasteiger partial charge >= 0.3 is 0 Å². The van der Waals surface area contributed by atoms with Crippen LogP contribution in [0.4, 0.5) is 8.78 Å². The number of rotatable bonds is 2. The molecule has 1 unspecified atom stereocenters. The summed E-state index contributed by atoms with van der Waals surface area (Å²) in [5.74, 6) is -1.34. The van der Waals surface area contributed by atoms with E-state index in [-0.39, 0.29) is 10.0 Å². The number of halogens is 3. The zero-order valence-corrected chi connectivity index (χ0v) is 11.2. The van der Waals surface area contributed by atoms with Gasteiger partial charge in [-0.2, -0.15) is 0 Å². The molecule has 1 atom stereocenters. The van der Waals surface area contributed by atoms with E-state index in [1.54, 1.807) is 12.3 Å². The highest BCUT2D eigenvalue weighted by atomic mass is 79.9. The molecule has 0 bridgehead atoms. The third-order valence-electron chi connectivity index (χ3n) is 2.65. The number of aryl methyl sites for hydroxylation is 1. The Morgan fingerprint density at radius 3 is 2.67 bits per heavy atom. The number of nitrogens with zero attached hydrogens (tertiary/aromatic N) is 1. The molecule has 0 aliphatic rings. The van der Waals surface area contributed by atoms with Crippen LogP contribution < -0.4 is 5.73 Å². The molecular formula is C13H11BrF2N2. The molecule has 2 rings (SSSR count). The van der Waals surface area contributed by atoms with E-state index in [2.05, 4.69) is 20.9 Å². The van der Waals surface area contributed by atoms with Crippen LogP contribution in [0.1, 0.15) is 22.7 Å². The van der Waals surface area contributed by atoms with E-state index in [9.17, 15) is 8.78 Å². The lowest BCUT2D eigenvalue weighted by atomic mass is 9.99. The van der Waals surface area contributed by atoms with Gasteiger partial charge < -0.3 is 5.73 Å². The average Bonchev–Trinajstić information content (AvgIpc) is 2.34. The Morgan fingerprint density at radius 1 is 1.28 bits per heavy atom. The van der Waals surface area contributed by atoms with Crippen molar-refractivity contribution in [1.29, 1.82) is 0 Å². The second-order valence-electron chi connectivity index (χ2n) is 4.03. The summed E-state index contributed by atoms with van der Waals surface area (Å²) in [5.41, 5.74) is 7.22. The van der Waals surface area contributed by atoms with Crippen molar-refractivity contribution in [2.24, 2.45) is 5.73 Å². The second-order valence-corrected chi connectivity index (χ2v) is 4.88. The van der Waals surface area contributed by atoms with Gasteiger partial charge in [0.2, 0.25) is 0 Å². The maximum Gasteiger partial charge on any atom is 0.145 e. The number of pyridine rings is 1. The van der Waals surface area contributed by atoms with E-state index in [1.807, 2.05) is 6.92 Å². The van der Waals surface area contributed by atoms with Crippen molar-refractivity contribution >= 4 is 15.9 Å². The van der Waals surface area contributed by atoms with E-state index in [0.717, 1.165) is 5.56 Å². The molecule has 5 heteroatoms. The zero-order chi connectivity index (χ0) is 13.3. The van der Waals surface area contributed by atoms with Gasteiger partial charge in [-0.1, -0.05) is 6.07 Å². The highest BCUT2D eigenvalue weighted by Crippen LogP contribution is 2.29. The highest BCUT2D eigenvalue weighted by molar-refractivity contribution is 9.10. The van der Waals surface area contributed by atoms with Crippen molar-refractivity contribution < 1.29 is 8.78 Å². The van der Waals surface area contributed by atoms with Crippen LogP contribution in [-0.4, -0.2) is 4.98 Å². The van der Waals surface area contributed by atoms with Gasteiger partial charge in [0.25, 0.3) is 0 Å². The first-order valence-corrected chi connectivity index (χ1v) is 6.10. The van der Waals surface area contributed by atoms with Crippen LogP contribution in [-0.2, 0) is 0 Å².